The molecule has 2 N–H and O–H groups in total. The van der Waals surface area contributed by atoms with Gasteiger partial charge in [-0.2, -0.15) is 0 Å². The lowest BCUT2D eigenvalue weighted by Gasteiger charge is -2.19. The fourth-order valence-electron chi connectivity index (χ4n) is 4.29. The molecule has 2 aromatic rings. The fraction of sp³-hybridized carbons (Fsp3) is 0.520. The fourth-order valence-corrected chi connectivity index (χ4v) is 5.57. The summed E-state index contributed by atoms with van der Waals surface area (Å²) in [6.07, 6.45) is 6.20. The van der Waals surface area contributed by atoms with E-state index in [-0.39, 0.29) is 23.3 Å². The first-order chi connectivity index (χ1) is 14.8. The number of benzene rings is 1. The monoisotopic (exact) mass is 440 g/mol. The van der Waals surface area contributed by atoms with E-state index in [2.05, 4.69) is 31.4 Å². The van der Waals surface area contributed by atoms with Crippen LogP contribution in [0.4, 0.5) is 5.00 Å². The van der Waals surface area contributed by atoms with Crippen LogP contribution in [0.5, 0.6) is 0 Å². The lowest BCUT2D eigenvalue weighted by atomic mass is 9.87. The quantitative estimate of drug-likeness (QED) is 0.681. The van der Waals surface area contributed by atoms with Crippen molar-refractivity contribution in [2.75, 3.05) is 18.5 Å². The Morgan fingerprint density at radius 1 is 1.06 bits per heavy atom. The van der Waals surface area contributed by atoms with E-state index in [1.54, 1.807) is 11.3 Å². The van der Waals surface area contributed by atoms with Gasteiger partial charge < -0.3 is 15.4 Å². The summed E-state index contributed by atoms with van der Waals surface area (Å²) in [5.41, 5.74) is 3.59. The van der Waals surface area contributed by atoms with Gasteiger partial charge in [-0.1, -0.05) is 32.9 Å². The Bertz CT molecular complexity index is 950. The Morgan fingerprint density at radius 2 is 1.81 bits per heavy atom. The van der Waals surface area contributed by atoms with Crippen LogP contribution in [0.3, 0.4) is 0 Å². The molecule has 6 heteroatoms. The molecule has 1 fully saturated rings. The van der Waals surface area contributed by atoms with Crippen LogP contribution < -0.4 is 10.6 Å². The first-order valence-corrected chi connectivity index (χ1v) is 12.1. The van der Waals surface area contributed by atoms with Gasteiger partial charge in [0.05, 0.1) is 11.7 Å². The van der Waals surface area contributed by atoms with Gasteiger partial charge in [0, 0.05) is 23.6 Å². The number of rotatable bonds is 5. The zero-order chi connectivity index (χ0) is 22.0. The first-order valence-electron chi connectivity index (χ1n) is 11.3. The minimum absolute atomic E-state index is 0.0378. The zero-order valence-electron chi connectivity index (χ0n) is 18.7. The maximum Gasteiger partial charge on any atom is 0.256 e. The molecular weight excluding hydrogens is 408 g/mol. The second-order valence-electron chi connectivity index (χ2n) is 9.54. The van der Waals surface area contributed by atoms with Gasteiger partial charge in [-0.05, 0) is 67.2 Å². The lowest BCUT2D eigenvalue weighted by molar-refractivity contribution is 0.0858. The van der Waals surface area contributed by atoms with Crippen molar-refractivity contribution in [1.82, 2.24) is 5.32 Å². The lowest BCUT2D eigenvalue weighted by Crippen LogP contribution is -2.32. The maximum atomic E-state index is 13.1. The third-order valence-electron chi connectivity index (χ3n) is 6.15. The minimum atomic E-state index is -0.174. The number of carbonyl (C=O) groups is 2. The highest BCUT2D eigenvalue weighted by molar-refractivity contribution is 7.17. The molecule has 1 aliphatic carbocycles. The number of carbonyl (C=O) groups excluding carboxylic acids is 2. The molecule has 5 nitrogen and oxygen atoms in total. The highest BCUT2D eigenvalue weighted by atomic mass is 32.1. The Kier molecular flexibility index (Phi) is 6.49. The second kappa shape index (κ2) is 9.13. The van der Waals surface area contributed by atoms with Crippen molar-refractivity contribution in [1.29, 1.82) is 0 Å². The molecule has 0 bridgehead atoms. The van der Waals surface area contributed by atoms with E-state index in [9.17, 15) is 9.59 Å². The largest absolute Gasteiger partial charge is 0.376 e. The van der Waals surface area contributed by atoms with Crippen molar-refractivity contribution in [3.63, 3.8) is 0 Å². The summed E-state index contributed by atoms with van der Waals surface area (Å²) in [6, 6.07) is 7.73. The Labute approximate surface area is 188 Å². The molecule has 2 aliphatic rings. The molecule has 31 heavy (non-hydrogen) atoms. The second-order valence-corrected chi connectivity index (χ2v) is 10.6. The zero-order valence-corrected chi connectivity index (χ0v) is 19.5. The summed E-state index contributed by atoms with van der Waals surface area (Å²) in [5.74, 6) is -0.277. The maximum absolute atomic E-state index is 13.1. The van der Waals surface area contributed by atoms with E-state index >= 15 is 0 Å². The number of hydrogen-bond donors (Lipinski definition) is 2. The van der Waals surface area contributed by atoms with Crippen molar-refractivity contribution < 1.29 is 14.3 Å². The topological polar surface area (TPSA) is 67.4 Å². The first kappa shape index (κ1) is 22.0. The van der Waals surface area contributed by atoms with E-state index in [0.29, 0.717) is 22.7 Å². The van der Waals surface area contributed by atoms with Gasteiger partial charge in [0.25, 0.3) is 11.8 Å². The van der Waals surface area contributed by atoms with Gasteiger partial charge in [-0.25, -0.2) is 0 Å². The minimum Gasteiger partial charge on any atom is -0.376 e. The summed E-state index contributed by atoms with van der Waals surface area (Å²) in [4.78, 5) is 27.3. The molecule has 0 spiro atoms. The molecule has 1 unspecified atom stereocenters. The molecule has 1 aromatic heterocycles. The standard InChI is InChI=1S/C25H32N2O3S/c1-25(2,3)17-12-10-16(11-13-17)22(28)27-24-21(19-8-4-5-9-20(19)31-24)23(29)26-15-18-7-6-14-30-18/h10-13,18H,4-9,14-15H2,1-3H3,(H,26,29)(H,27,28). The molecule has 0 saturated carbocycles. The number of thiophene rings is 1. The van der Waals surface area contributed by atoms with Crippen LogP contribution in [0.25, 0.3) is 0 Å². The number of amides is 2. The summed E-state index contributed by atoms with van der Waals surface area (Å²) >= 11 is 1.55. The van der Waals surface area contributed by atoms with Crippen molar-refractivity contribution in [2.45, 2.75) is 70.8 Å². The van der Waals surface area contributed by atoms with E-state index < -0.39 is 0 Å². The average molecular weight is 441 g/mol. The normalized spacial score (nSPS) is 18.5. The third-order valence-corrected chi connectivity index (χ3v) is 7.36. The third kappa shape index (κ3) is 5.01. The van der Waals surface area contributed by atoms with Gasteiger partial charge in [0.15, 0.2) is 0 Å². The number of hydrogen-bond acceptors (Lipinski definition) is 4. The van der Waals surface area contributed by atoms with E-state index in [1.165, 1.54) is 10.4 Å². The predicted molar refractivity (Wildman–Crippen MR) is 125 cm³/mol. The van der Waals surface area contributed by atoms with Gasteiger partial charge in [-0.3, -0.25) is 9.59 Å². The van der Waals surface area contributed by atoms with Crippen molar-refractivity contribution in [3.05, 3.63) is 51.4 Å². The highest BCUT2D eigenvalue weighted by Crippen LogP contribution is 2.38. The molecule has 1 aliphatic heterocycles. The van der Waals surface area contributed by atoms with Crippen LogP contribution in [-0.2, 0) is 23.0 Å². The molecule has 2 amide bonds. The van der Waals surface area contributed by atoms with Crippen LogP contribution in [0.2, 0.25) is 0 Å². The number of anilines is 1. The van der Waals surface area contributed by atoms with E-state index in [0.717, 1.165) is 50.7 Å². The Hall–Kier alpha value is -2.18. The molecule has 0 radical (unpaired) electrons. The van der Waals surface area contributed by atoms with Crippen LogP contribution in [-0.4, -0.2) is 31.1 Å². The number of aryl methyl sites for hydroxylation is 1. The molecule has 166 valence electrons. The van der Waals surface area contributed by atoms with Gasteiger partial charge in [0.2, 0.25) is 0 Å². The summed E-state index contributed by atoms with van der Waals surface area (Å²) in [5, 5.41) is 6.75. The smallest absolute Gasteiger partial charge is 0.256 e. The molecule has 1 aromatic carbocycles. The predicted octanol–water partition coefficient (Wildman–Crippen LogP) is 5.09. The van der Waals surface area contributed by atoms with Crippen LogP contribution in [0.1, 0.15) is 83.2 Å². The van der Waals surface area contributed by atoms with Crippen molar-refractivity contribution >= 4 is 28.2 Å². The summed E-state index contributed by atoms with van der Waals surface area (Å²) in [6.45, 7) is 7.74. The van der Waals surface area contributed by atoms with Gasteiger partial charge in [0.1, 0.15) is 5.00 Å². The van der Waals surface area contributed by atoms with Crippen molar-refractivity contribution in [3.8, 4) is 0 Å². The molecule has 1 saturated heterocycles. The molecule has 2 heterocycles. The van der Waals surface area contributed by atoms with Gasteiger partial charge in [-0.15, -0.1) is 11.3 Å². The van der Waals surface area contributed by atoms with Crippen molar-refractivity contribution in [2.24, 2.45) is 0 Å². The van der Waals surface area contributed by atoms with Gasteiger partial charge >= 0.3 is 0 Å². The van der Waals surface area contributed by atoms with Crippen LogP contribution >= 0.6 is 11.3 Å². The number of ether oxygens (including phenoxy) is 1. The Balaban J connectivity index is 1.53. The average Bonchev–Trinajstić information content (AvgIpc) is 3.39. The number of fused-ring (bicyclic) bond motifs is 1. The number of nitrogens with one attached hydrogen (secondary N) is 2. The van der Waals surface area contributed by atoms with E-state index in [1.807, 2.05) is 24.3 Å². The van der Waals surface area contributed by atoms with E-state index in [4.69, 9.17) is 4.74 Å². The highest BCUT2D eigenvalue weighted by Gasteiger charge is 2.27. The van der Waals surface area contributed by atoms with Crippen LogP contribution in [0.15, 0.2) is 24.3 Å². The molecular formula is C25H32N2O3S. The SMILES string of the molecule is CC(C)(C)c1ccc(C(=O)Nc2sc3c(c2C(=O)NCC2CCCO2)CCCC3)cc1. The molecule has 4 rings (SSSR count). The summed E-state index contributed by atoms with van der Waals surface area (Å²) in [7, 11) is 0. The summed E-state index contributed by atoms with van der Waals surface area (Å²) < 4.78 is 5.64. The Morgan fingerprint density at radius 3 is 2.48 bits per heavy atom. The van der Waals surface area contributed by atoms with Crippen LogP contribution in [0, 0.1) is 0 Å². The molecule has 1 atom stereocenters.